The van der Waals surface area contributed by atoms with E-state index in [1.165, 1.54) is 0 Å². The number of pyridine rings is 1. The molecule has 188 valence electrons. The van der Waals surface area contributed by atoms with Crippen LogP contribution in [0.4, 0.5) is 0 Å². The van der Waals surface area contributed by atoms with Crippen LogP contribution in [0.5, 0.6) is 5.75 Å². The Balaban J connectivity index is 1.62. The predicted molar refractivity (Wildman–Crippen MR) is 137 cm³/mol. The molecule has 8 nitrogen and oxygen atoms in total. The van der Waals surface area contributed by atoms with Crippen LogP contribution in [0.2, 0.25) is 0 Å². The fourth-order valence-electron chi connectivity index (χ4n) is 4.68. The molecule has 4 rings (SSSR count). The summed E-state index contributed by atoms with van der Waals surface area (Å²) in [6, 6.07) is 16.6. The van der Waals surface area contributed by atoms with Gasteiger partial charge >= 0.3 is 0 Å². The van der Waals surface area contributed by atoms with Gasteiger partial charge in [-0.15, -0.1) is 5.92 Å². The summed E-state index contributed by atoms with van der Waals surface area (Å²) in [6.45, 7) is 4.81. The zero-order valence-corrected chi connectivity index (χ0v) is 21.1. The summed E-state index contributed by atoms with van der Waals surface area (Å²) in [4.78, 5) is 18.7. The van der Waals surface area contributed by atoms with Gasteiger partial charge in [0.1, 0.15) is 17.1 Å². The molecule has 2 heterocycles. The van der Waals surface area contributed by atoms with Crippen molar-refractivity contribution in [1.29, 1.82) is 0 Å². The smallest absolute Gasteiger partial charge is 0.245 e. The highest BCUT2D eigenvalue weighted by Crippen LogP contribution is 2.39. The third-order valence-electron chi connectivity index (χ3n) is 6.51. The Bertz CT molecular complexity index is 1430. The van der Waals surface area contributed by atoms with Gasteiger partial charge < -0.3 is 4.74 Å². The van der Waals surface area contributed by atoms with E-state index in [4.69, 9.17) is 9.94 Å². The Hall–Kier alpha value is -3.45. The number of hydrogen-bond acceptors (Lipinski definition) is 7. The highest BCUT2D eigenvalue weighted by Gasteiger charge is 2.50. The van der Waals surface area contributed by atoms with Crippen molar-refractivity contribution in [2.45, 2.75) is 31.6 Å². The molecule has 2 N–H and O–H groups in total. The molecule has 9 heteroatoms. The fourth-order valence-corrected chi connectivity index (χ4v) is 6.79. The lowest BCUT2D eigenvalue weighted by molar-refractivity contribution is -0.130. The van der Waals surface area contributed by atoms with Crippen molar-refractivity contribution in [3.63, 3.8) is 0 Å². The summed E-state index contributed by atoms with van der Waals surface area (Å²) >= 11 is 0. The largest absolute Gasteiger partial charge is 0.489 e. The van der Waals surface area contributed by atoms with Gasteiger partial charge in [0.05, 0.1) is 24.2 Å². The first kappa shape index (κ1) is 25.6. The molecule has 36 heavy (non-hydrogen) atoms. The zero-order valence-electron chi connectivity index (χ0n) is 20.3. The number of amides is 1. The molecule has 1 amide bonds. The summed E-state index contributed by atoms with van der Waals surface area (Å²) in [5, 5.41) is 10.2. The minimum absolute atomic E-state index is 0.0971. The van der Waals surface area contributed by atoms with Crippen molar-refractivity contribution < 1.29 is 23.2 Å². The Kier molecular flexibility index (Phi) is 7.59. The molecule has 0 aliphatic carbocycles. The van der Waals surface area contributed by atoms with Crippen molar-refractivity contribution >= 4 is 26.6 Å². The van der Waals surface area contributed by atoms with Crippen molar-refractivity contribution in [3.8, 4) is 17.6 Å². The van der Waals surface area contributed by atoms with Gasteiger partial charge in [-0.25, -0.2) is 13.9 Å². The lowest BCUT2D eigenvalue weighted by atomic mass is 9.93. The third kappa shape index (κ3) is 5.21. The van der Waals surface area contributed by atoms with E-state index in [1.54, 1.807) is 36.7 Å². The molecule has 1 atom stereocenters. The molecule has 2 aromatic carbocycles. The van der Waals surface area contributed by atoms with Crippen molar-refractivity contribution in [2.24, 2.45) is 0 Å². The van der Waals surface area contributed by atoms with Gasteiger partial charge in [-0.2, -0.15) is 0 Å². The number of nitrogens with one attached hydrogen (secondary N) is 1. The van der Waals surface area contributed by atoms with E-state index < -0.39 is 26.9 Å². The number of sulfone groups is 1. The van der Waals surface area contributed by atoms with Gasteiger partial charge in [0.15, 0.2) is 9.84 Å². The molecule has 1 fully saturated rings. The van der Waals surface area contributed by atoms with Crippen LogP contribution in [0, 0.1) is 18.8 Å². The maximum atomic E-state index is 13.4. The molecule has 1 unspecified atom stereocenters. The molecule has 1 aliphatic rings. The second-order valence-electron chi connectivity index (χ2n) is 8.92. The van der Waals surface area contributed by atoms with Crippen molar-refractivity contribution in [1.82, 2.24) is 15.4 Å². The number of carbonyl (C=O) groups is 1. The molecule has 0 saturated carbocycles. The van der Waals surface area contributed by atoms with Crippen molar-refractivity contribution in [2.75, 3.05) is 25.4 Å². The van der Waals surface area contributed by atoms with Crippen LogP contribution in [0.25, 0.3) is 10.9 Å². The van der Waals surface area contributed by atoms with E-state index in [2.05, 4.69) is 16.8 Å². The summed E-state index contributed by atoms with van der Waals surface area (Å²) in [5.41, 5.74) is 4.86. The number of benzene rings is 2. The monoisotopic (exact) mass is 507 g/mol. The number of aryl methyl sites for hydroxylation is 1. The molecule has 0 spiro atoms. The standard InChI is InChI=1S/C27H29N3O5S/c1-3-4-13-30-14-15-36(33,34)27(19-30,17-26(31)29-32)22-9-11-23(12-10-22)35-18-21-16-20(2)28-25-8-6-5-7-24(21)25/h5-12,16,32H,13-15,17-19H2,1-2H3,(H,29,31). The molecule has 1 aliphatic heterocycles. The first-order valence-corrected chi connectivity index (χ1v) is 13.3. The SMILES string of the molecule is CC#CCN1CCS(=O)(=O)C(CC(=O)NO)(c2ccc(OCc3cc(C)nc4ccccc34)cc2)C1. The molecular formula is C27H29N3O5S. The topological polar surface area (TPSA) is 109 Å². The Morgan fingerprint density at radius 1 is 1.22 bits per heavy atom. The quantitative estimate of drug-likeness (QED) is 0.288. The molecule has 0 bridgehead atoms. The lowest BCUT2D eigenvalue weighted by Gasteiger charge is -2.41. The second kappa shape index (κ2) is 10.7. The van der Waals surface area contributed by atoms with Crippen molar-refractivity contribution in [3.05, 3.63) is 71.4 Å². The number of hydroxylamine groups is 1. The number of nitrogens with zero attached hydrogens (tertiary/aromatic N) is 2. The minimum Gasteiger partial charge on any atom is -0.489 e. The Morgan fingerprint density at radius 3 is 2.69 bits per heavy atom. The van der Waals surface area contributed by atoms with E-state index in [0.717, 1.165) is 22.2 Å². The average molecular weight is 508 g/mol. The maximum absolute atomic E-state index is 13.4. The van der Waals surface area contributed by atoms with Gasteiger partial charge in [0, 0.05) is 29.7 Å². The molecular weight excluding hydrogens is 478 g/mol. The van der Waals surface area contributed by atoms with E-state index in [-0.39, 0.29) is 12.3 Å². The number of fused-ring (bicyclic) bond motifs is 1. The molecule has 1 aromatic heterocycles. The fraction of sp³-hybridized carbons (Fsp3) is 0.333. The zero-order chi connectivity index (χ0) is 25.8. The van der Waals surface area contributed by atoms with E-state index in [0.29, 0.717) is 31.0 Å². The summed E-state index contributed by atoms with van der Waals surface area (Å²) in [5.74, 6) is 5.49. The maximum Gasteiger partial charge on any atom is 0.245 e. The lowest BCUT2D eigenvalue weighted by Crippen LogP contribution is -2.55. The third-order valence-corrected chi connectivity index (χ3v) is 8.93. The second-order valence-corrected chi connectivity index (χ2v) is 11.3. The summed E-state index contributed by atoms with van der Waals surface area (Å²) in [6.07, 6.45) is -0.398. The van der Waals surface area contributed by atoms with E-state index in [9.17, 15) is 13.2 Å². The highest BCUT2D eigenvalue weighted by molar-refractivity contribution is 7.92. The number of aromatic nitrogens is 1. The average Bonchev–Trinajstić information content (AvgIpc) is 2.87. The van der Waals surface area contributed by atoms with E-state index in [1.807, 2.05) is 42.2 Å². The number of carbonyl (C=O) groups excluding carboxylic acids is 1. The first-order valence-electron chi connectivity index (χ1n) is 11.6. The van der Waals surface area contributed by atoms with Gasteiger partial charge in [-0.1, -0.05) is 36.3 Å². The minimum atomic E-state index is -3.71. The highest BCUT2D eigenvalue weighted by atomic mass is 32.2. The van der Waals surface area contributed by atoms with Gasteiger partial charge in [-0.3, -0.25) is 19.9 Å². The molecule has 0 radical (unpaired) electrons. The van der Waals surface area contributed by atoms with Crippen LogP contribution in [-0.4, -0.2) is 54.8 Å². The van der Waals surface area contributed by atoms with Gasteiger partial charge in [-0.05, 0) is 43.7 Å². The number of rotatable bonds is 7. The van der Waals surface area contributed by atoms with E-state index >= 15 is 0 Å². The normalized spacial score (nSPS) is 19.3. The Labute approximate surface area is 211 Å². The summed E-state index contributed by atoms with van der Waals surface area (Å²) < 4.78 is 31.3. The number of para-hydroxylation sites is 1. The number of ether oxygens (including phenoxy) is 1. The molecule has 1 saturated heterocycles. The Morgan fingerprint density at radius 2 is 1.97 bits per heavy atom. The molecule has 3 aromatic rings. The first-order chi connectivity index (χ1) is 17.3. The van der Waals surface area contributed by atoms with Crippen LogP contribution < -0.4 is 10.2 Å². The van der Waals surface area contributed by atoms with Gasteiger partial charge in [0.2, 0.25) is 5.91 Å². The van der Waals surface area contributed by atoms with Crippen LogP contribution in [0.1, 0.15) is 30.2 Å². The van der Waals surface area contributed by atoms with Crippen LogP contribution in [0.3, 0.4) is 0 Å². The summed E-state index contributed by atoms with van der Waals surface area (Å²) in [7, 11) is -3.71. The van der Waals surface area contributed by atoms with Crippen LogP contribution >= 0.6 is 0 Å². The predicted octanol–water partition coefficient (Wildman–Crippen LogP) is 2.97. The van der Waals surface area contributed by atoms with Gasteiger partial charge in [0.25, 0.3) is 0 Å². The van der Waals surface area contributed by atoms with Crippen LogP contribution in [0.15, 0.2) is 54.6 Å². The number of hydrogen-bond donors (Lipinski definition) is 2. The van der Waals surface area contributed by atoms with Crippen LogP contribution in [-0.2, 0) is 26.0 Å².